The van der Waals surface area contributed by atoms with E-state index in [0.29, 0.717) is 11.1 Å². The van der Waals surface area contributed by atoms with Crippen molar-refractivity contribution in [3.05, 3.63) is 35.8 Å². The third-order valence-corrected chi connectivity index (χ3v) is 1.94. The van der Waals surface area contributed by atoms with Crippen LogP contribution in [0.2, 0.25) is 0 Å². The van der Waals surface area contributed by atoms with E-state index in [1.54, 1.807) is 18.3 Å². The maximum absolute atomic E-state index is 11.5. The van der Waals surface area contributed by atoms with E-state index in [1.807, 2.05) is 6.92 Å². The molecule has 1 rings (SSSR count). The first kappa shape index (κ1) is 11.2. The molecule has 15 heavy (non-hydrogen) atoms. The Morgan fingerprint density at radius 2 is 2.20 bits per heavy atom. The quantitative estimate of drug-likeness (QED) is 0.428. The van der Waals surface area contributed by atoms with Crippen LogP contribution in [-0.4, -0.2) is 25.2 Å². The summed E-state index contributed by atoms with van der Waals surface area (Å²) in [5.41, 5.74) is 1.84. The first-order valence-electron chi connectivity index (χ1n) is 4.44. The first-order chi connectivity index (χ1) is 7.20. The van der Waals surface area contributed by atoms with Crippen molar-refractivity contribution < 1.29 is 14.3 Å². The molecule has 0 saturated carbocycles. The fourth-order valence-corrected chi connectivity index (χ4v) is 1.22. The van der Waals surface area contributed by atoms with Crippen molar-refractivity contribution in [1.82, 2.24) is 4.98 Å². The van der Waals surface area contributed by atoms with Crippen LogP contribution in [-0.2, 0) is 14.3 Å². The summed E-state index contributed by atoms with van der Waals surface area (Å²) in [6.07, 6.45) is 3.02. The number of rotatable bonds is 3. The predicted octanol–water partition coefficient (Wildman–Crippen LogP) is 1.55. The number of ether oxygens (including phenoxy) is 2. The summed E-state index contributed by atoms with van der Waals surface area (Å²) < 4.78 is 9.51. The van der Waals surface area contributed by atoms with Crippen molar-refractivity contribution in [2.24, 2.45) is 0 Å². The van der Waals surface area contributed by atoms with Gasteiger partial charge in [-0.2, -0.15) is 0 Å². The minimum Gasteiger partial charge on any atom is -0.503 e. The number of aromatic nitrogens is 1. The smallest absolute Gasteiger partial charge is 0.341 e. The van der Waals surface area contributed by atoms with Gasteiger partial charge in [-0.3, -0.25) is 4.98 Å². The van der Waals surface area contributed by atoms with Crippen LogP contribution < -0.4 is 0 Å². The van der Waals surface area contributed by atoms with Gasteiger partial charge < -0.3 is 9.47 Å². The molecule has 0 amide bonds. The first-order valence-corrected chi connectivity index (χ1v) is 4.44. The molecular weight excluding hydrogens is 194 g/mol. The summed E-state index contributed by atoms with van der Waals surface area (Å²) in [4.78, 5) is 15.6. The molecule has 0 bridgehead atoms. The Hall–Kier alpha value is -1.84. The highest BCUT2D eigenvalue weighted by atomic mass is 16.5. The van der Waals surface area contributed by atoms with Crippen molar-refractivity contribution in [3.8, 4) is 0 Å². The zero-order valence-electron chi connectivity index (χ0n) is 8.98. The van der Waals surface area contributed by atoms with E-state index < -0.39 is 5.97 Å². The number of hydrogen-bond acceptors (Lipinski definition) is 4. The van der Waals surface area contributed by atoms with E-state index in [4.69, 9.17) is 4.74 Å². The van der Waals surface area contributed by atoms with Gasteiger partial charge in [-0.25, -0.2) is 4.79 Å². The molecule has 0 aliphatic carbocycles. The van der Waals surface area contributed by atoms with E-state index in [0.717, 1.165) is 5.69 Å². The maximum atomic E-state index is 11.5. The molecule has 0 atom stereocenters. The second-order valence-electron chi connectivity index (χ2n) is 2.90. The van der Waals surface area contributed by atoms with Crippen molar-refractivity contribution in [1.29, 1.82) is 0 Å². The monoisotopic (exact) mass is 207 g/mol. The average molecular weight is 207 g/mol. The van der Waals surface area contributed by atoms with Gasteiger partial charge in [0, 0.05) is 17.5 Å². The SMILES string of the molecule is COC=C(C(=O)OC)c1cccnc1C. The number of carbonyl (C=O) groups is 1. The second-order valence-corrected chi connectivity index (χ2v) is 2.90. The molecule has 0 aromatic carbocycles. The number of nitrogens with zero attached hydrogens (tertiary/aromatic N) is 1. The van der Waals surface area contributed by atoms with E-state index in [2.05, 4.69) is 9.72 Å². The summed E-state index contributed by atoms with van der Waals surface area (Å²) in [5, 5.41) is 0. The fourth-order valence-electron chi connectivity index (χ4n) is 1.22. The van der Waals surface area contributed by atoms with Crippen molar-refractivity contribution >= 4 is 11.5 Å². The van der Waals surface area contributed by atoms with Gasteiger partial charge in [-0.1, -0.05) is 6.07 Å². The standard InChI is InChI=1S/C11H13NO3/c1-8-9(5-4-6-12-8)10(7-14-2)11(13)15-3/h4-7H,1-3H3. The van der Waals surface area contributed by atoms with Gasteiger partial charge in [0.1, 0.15) is 5.57 Å². The van der Waals surface area contributed by atoms with Gasteiger partial charge in [0.25, 0.3) is 0 Å². The van der Waals surface area contributed by atoms with Crippen LogP contribution in [0.25, 0.3) is 5.57 Å². The number of esters is 1. The number of hydrogen-bond donors (Lipinski definition) is 0. The summed E-state index contributed by atoms with van der Waals surface area (Å²) in [6, 6.07) is 3.55. The lowest BCUT2D eigenvalue weighted by Crippen LogP contribution is -2.06. The predicted molar refractivity (Wildman–Crippen MR) is 56.0 cm³/mol. The lowest BCUT2D eigenvalue weighted by molar-refractivity contribution is -0.133. The van der Waals surface area contributed by atoms with Crippen LogP contribution in [0.5, 0.6) is 0 Å². The van der Waals surface area contributed by atoms with Gasteiger partial charge >= 0.3 is 5.97 Å². The molecule has 0 aliphatic heterocycles. The number of carbonyl (C=O) groups excluding carboxylic acids is 1. The molecule has 0 unspecified atom stereocenters. The minimum atomic E-state index is -0.437. The molecule has 0 saturated heterocycles. The van der Waals surface area contributed by atoms with Crippen LogP contribution in [0.15, 0.2) is 24.6 Å². The Bertz CT molecular complexity index is 385. The van der Waals surface area contributed by atoms with E-state index in [-0.39, 0.29) is 0 Å². The van der Waals surface area contributed by atoms with Crippen LogP contribution in [0, 0.1) is 6.92 Å². The second kappa shape index (κ2) is 5.14. The van der Waals surface area contributed by atoms with Crippen molar-refractivity contribution in [3.63, 3.8) is 0 Å². The normalized spacial score (nSPS) is 11.0. The molecule has 80 valence electrons. The van der Waals surface area contributed by atoms with Gasteiger partial charge in [0.15, 0.2) is 0 Å². The molecule has 1 aromatic heterocycles. The van der Waals surface area contributed by atoms with Crippen molar-refractivity contribution in [2.45, 2.75) is 6.92 Å². The van der Waals surface area contributed by atoms with Gasteiger partial charge in [0.05, 0.1) is 20.5 Å². The summed E-state index contributed by atoms with van der Waals surface area (Å²) in [5.74, 6) is -0.437. The van der Waals surface area contributed by atoms with Crippen LogP contribution >= 0.6 is 0 Å². The van der Waals surface area contributed by atoms with E-state index in [9.17, 15) is 4.79 Å². The lowest BCUT2D eigenvalue weighted by atomic mass is 10.1. The summed E-state index contributed by atoms with van der Waals surface area (Å²) in [7, 11) is 2.81. The summed E-state index contributed by atoms with van der Waals surface area (Å²) >= 11 is 0. The molecule has 4 heteroatoms. The molecular formula is C11H13NO3. The van der Waals surface area contributed by atoms with Gasteiger partial charge in [-0.15, -0.1) is 0 Å². The van der Waals surface area contributed by atoms with Crippen molar-refractivity contribution in [2.75, 3.05) is 14.2 Å². The van der Waals surface area contributed by atoms with Crippen LogP contribution in [0.1, 0.15) is 11.3 Å². The fraction of sp³-hybridized carbons (Fsp3) is 0.273. The Kier molecular flexibility index (Phi) is 3.85. The molecule has 1 aromatic rings. The molecule has 1 heterocycles. The molecule has 0 spiro atoms. The summed E-state index contributed by atoms with van der Waals surface area (Å²) in [6.45, 7) is 1.82. The van der Waals surface area contributed by atoms with E-state index in [1.165, 1.54) is 20.5 Å². The highest BCUT2D eigenvalue weighted by Crippen LogP contribution is 2.18. The van der Waals surface area contributed by atoms with Crippen LogP contribution in [0.3, 0.4) is 0 Å². The Morgan fingerprint density at radius 1 is 1.47 bits per heavy atom. The van der Waals surface area contributed by atoms with E-state index >= 15 is 0 Å². The Labute approximate surface area is 88.5 Å². The lowest BCUT2D eigenvalue weighted by Gasteiger charge is -2.07. The third-order valence-electron chi connectivity index (χ3n) is 1.94. The minimum absolute atomic E-state index is 0.366. The van der Waals surface area contributed by atoms with Crippen LogP contribution in [0.4, 0.5) is 0 Å². The number of methoxy groups -OCH3 is 2. The average Bonchev–Trinajstić information content (AvgIpc) is 2.26. The zero-order valence-corrected chi connectivity index (χ0v) is 8.98. The molecule has 0 fully saturated rings. The molecule has 0 aliphatic rings. The molecule has 0 radical (unpaired) electrons. The molecule has 4 nitrogen and oxygen atoms in total. The number of pyridine rings is 1. The highest BCUT2D eigenvalue weighted by molar-refractivity contribution is 6.16. The Balaban J connectivity index is 3.17. The number of aryl methyl sites for hydroxylation is 1. The Morgan fingerprint density at radius 3 is 2.73 bits per heavy atom. The largest absolute Gasteiger partial charge is 0.503 e. The topological polar surface area (TPSA) is 48.4 Å². The third kappa shape index (κ3) is 2.56. The van der Waals surface area contributed by atoms with Gasteiger partial charge in [0.2, 0.25) is 0 Å². The highest BCUT2D eigenvalue weighted by Gasteiger charge is 2.15. The molecule has 0 N–H and O–H groups in total. The van der Waals surface area contributed by atoms with Gasteiger partial charge in [-0.05, 0) is 13.0 Å². The zero-order chi connectivity index (χ0) is 11.3. The maximum Gasteiger partial charge on any atom is 0.341 e.